The number of nitrogens with one attached hydrogen (secondary N) is 1. The largest absolute Gasteiger partial charge is 0.481 e. The first-order valence-electron chi connectivity index (χ1n) is 7.21. The van der Waals surface area contributed by atoms with Gasteiger partial charge in [0.15, 0.2) is 5.82 Å². The standard InChI is InChI=1S/C15H22N4O2/c1-9(2)11(15(20)21)8-17-14-13-7-12(10(3)4)18-19(13)6-5-16-14/h5-7,9-11H,8H2,1-4H3,(H,16,17)(H,20,21). The molecule has 0 aliphatic heterocycles. The summed E-state index contributed by atoms with van der Waals surface area (Å²) in [5.41, 5.74) is 1.86. The van der Waals surface area contributed by atoms with Crippen LogP contribution in [-0.4, -0.2) is 32.2 Å². The van der Waals surface area contributed by atoms with E-state index in [9.17, 15) is 9.90 Å². The fraction of sp³-hybridized carbons (Fsp3) is 0.533. The Morgan fingerprint density at radius 1 is 1.38 bits per heavy atom. The summed E-state index contributed by atoms with van der Waals surface area (Å²) in [4.78, 5) is 15.5. The second-order valence-electron chi connectivity index (χ2n) is 5.90. The molecule has 0 bridgehead atoms. The molecule has 0 saturated carbocycles. The maximum atomic E-state index is 11.2. The first-order chi connectivity index (χ1) is 9.90. The van der Waals surface area contributed by atoms with E-state index in [1.807, 2.05) is 19.9 Å². The van der Waals surface area contributed by atoms with Crippen LogP contribution in [0.4, 0.5) is 5.82 Å². The summed E-state index contributed by atoms with van der Waals surface area (Å²) >= 11 is 0. The van der Waals surface area contributed by atoms with Crippen LogP contribution < -0.4 is 5.32 Å². The first-order valence-corrected chi connectivity index (χ1v) is 7.21. The molecule has 1 atom stereocenters. The fourth-order valence-electron chi connectivity index (χ4n) is 2.17. The van der Waals surface area contributed by atoms with Crippen LogP contribution in [0.2, 0.25) is 0 Å². The van der Waals surface area contributed by atoms with Gasteiger partial charge in [-0.3, -0.25) is 4.79 Å². The summed E-state index contributed by atoms with van der Waals surface area (Å²) in [6, 6.07) is 1.99. The molecule has 2 N–H and O–H groups in total. The molecule has 0 aliphatic carbocycles. The number of aliphatic carboxylic acids is 1. The number of carboxylic acid groups (broad SMARTS) is 1. The number of rotatable bonds is 6. The van der Waals surface area contributed by atoms with Gasteiger partial charge in [0.2, 0.25) is 0 Å². The van der Waals surface area contributed by atoms with Crippen molar-refractivity contribution in [2.24, 2.45) is 11.8 Å². The van der Waals surface area contributed by atoms with E-state index < -0.39 is 11.9 Å². The van der Waals surface area contributed by atoms with E-state index >= 15 is 0 Å². The lowest BCUT2D eigenvalue weighted by atomic mass is 9.96. The van der Waals surface area contributed by atoms with Crippen molar-refractivity contribution in [2.45, 2.75) is 33.6 Å². The predicted molar refractivity (Wildman–Crippen MR) is 81.5 cm³/mol. The zero-order valence-corrected chi connectivity index (χ0v) is 12.9. The van der Waals surface area contributed by atoms with E-state index in [1.54, 1.807) is 16.9 Å². The van der Waals surface area contributed by atoms with Gasteiger partial charge in [-0.2, -0.15) is 5.10 Å². The number of carbonyl (C=O) groups is 1. The van der Waals surface area contributed by atoms with Crippen LogP contribution in [0.1, 0.15) is 39.3 Å². The van der Waals surface area contributed by atoms with Gasteiger partial charge in [0.05, 0.1) is 11.6 Å². The molecule has 2 aromatic heterocycles. The van der Waals surface area contributed by atoms with Gasteiger partial charge in [-0.15, -0.1) is 0 Å². The molecule has 6 nitrogen and oxygen atoms in total. The van der Waals surface area contributed by atoms with Crippen molar-refractivity contribution in [1.29, 1.82) is 0 Å². The molecule has 2 aromatic rings. The normalized spacial score (nSPS) is 13.0. The van der Waals surface area contributed by atoms with Crippen molar-refractivity contribution in [2.75, 3.05) is 11.9 Å². The number of fused-ring (bicyclic) bond motifs is 1. The van der Waals surface area contributed by atoms with E-state index in [0.717, 1.165) is 11.2 Å². The molecule has 6 heteroatoms. The molecule has 2 rings (SSSR count). The van der Waals surface area contributed by atoms with Crippen LogP contribution >= 0.6 is 0 Å². The number of nitrogens with zero attached hydrogens (tertiary/aromatic N) is 3. The Labute approximate surface area is 124 Å². The van der Waals surface area contributed by atoms with Crippen molar-refractivity contribution in [3.63, 3.8) is 0 Å². The molecule has 0 aliphatic rings. The Bertz CT molecular complexity index is 634. The Morgan fingerprint density at radius 2 is 2.10 bits per heavy atom. The van der Waals surface area contributed by atoms with Crippen molar-refractivity contribution in [1.82, 2.24) is 14.6 Å². The molecule has 0 amide bonds. The van der Waals surface area contributed by atoms with Crippen molar-refractivity contribution < 1.29 is 9.90 Å². The molecule has 0 aromatic carbocycles. The lowest BCUT2D eigenvalue weighted by Crippen LogP contribution is -2.27. The average molecular weight is 290 g/mol. The molecule has 0 radical (unpaired) electrons. The molecular weight excluding hydrogens is 268 g/mol. The van der Waals surface area contributed by atoms with Crippen LogP contribution in [0.5, 0.6) is 0 Å². The summed E-state index contributed by atoms with van der Waals surface area (Å²) in [6.45, 7) is 8.33. The summed E-state index contributed by atoms with van der Waals surface area (Å²) < 4.78 is 1.77. The highest BCUT2D eigenvalue weighted by Gasteiger charge is 2.21. The zero-order chi connectivity index (χ0) is 15.6. The average Bonchev–Trinajstić information content (AvgIpc) is 2.83. The van der Waals surface area contributed by atoms with Gasteiger partial charge in [-0.1, -0.05) is 27.7 Å². The number of hydrogen-bond acceptors (Lipinski definition) is 4. The third-order valence-electron chi connectivity index (χ3n) is 3.61. The number of hydrogen-bond donors (Lipinski definition) is 2. The minimum Gasteiger partial charge on any atom is -0.481 e. The summed E-state index contributed by atoms with van der Waals surface area (Å²) in [5.74, 6) is -0.171. The first kappa shape index (κ1) is 15.3. The highest BCUT2D eigenvalue weighted by molar-refractivity contribution is 5.72. The third-order valence-corrected chi connectivity index (χ3v) is 3.61. The Hall–Kier alpha value is -2.11. The van der Waals surface area contributed by atoms with Crippen LogP contribution in [-0.2, 0) is 4.79 Å². The lowest BCUT2D eigenvalue weighted by molar-refractivity contribution is -0.142. The highest BCUT2D eigenvalue weighted by Crippen LogP contribution is 2.21. The number of aromatic nitrogens is 3. The quantitative estimate of drug-likeness (QED) is 0.855. The van der Waals surface area contributed by atoms with E-state index in [0.29, 0.717) is 18.3 Å². The Kier molecular flexibility index (Phi) is 4.45. The van der Waals surface area contributed by atoms with Crippen molar-refractivity contribution >= 4 is 17.3 Å². The second kappa shape index (κ2) is 6.11. The second-order valence-corrected chi connectivity index (χ2v) is 5.90. The molecule has 2 heterocycles. The van der Waals surface area contributed by atoms with Crippen molar-refractivity contribution in [3.05, 3.63) is 24.2 Å². The molecule has 0 fully saturated rings. The minimum atomic E-state index is -0.791. The Morgan fingerprint density at radius 3 is 2.67 bits per heavy atom. The van der Waals surface area contributed by atoms with Gasteiger partial charge in [0, 0.05) is 18.9 Å². The molecule has 1 unspecified atom stereocenters. The van der Waals surface area contributed by atoms with E-state index in [1.165, 1.54) is 0 Å². The number of carboxylic acids is 1. The molecule has 0 saturated heterocycles. The molecule has 0 spiro atoms. The van der Waals surface area contributed by atoms with Gasteiger partial charge in [-0.05, 0) is 17.9 Å². The van der Waals surface area contributed by atoms with Crippen LogP contribution in [0.25, 0.3) is 5.52 Å². The minimum absolute atomic E-state index is 0.0610. The molecular formula is C15H22N4O2. The van der Waals surface area contributed by atoms with Gasteiger partial charge >= 0.3 is 5.97 Å². The maximum absolute atomic E-state index is 11.2. The topological polar surface area (TPSA) is 79.5 Å². The highest BCUT2D eigenvalue weighted by atomic mass is 16.4. The summed E-state index contributed by atoms with van der Waals surface area (Å²) in [7, 11) is 0. The summed E-state index contributed by atoms with van der Waals surface area (Å²) in [6.07, 6.45) is 3.46. The van der Waals surface area contributed by atoms with Gasteiger partial charge in [0.25, 0.3) is 0 Å². The van der Waals surface area contributed by atoms with E-state index in [-0.39, 0.29) is 5.92 Å². The van der Waals surface area contributed by atoms with E-state index in [2.05, 4.69) is 29.2 Å². The summed E-state index contributed by atoms with van der Waals surface area (Å²) in [5, 5.41) is 16.9. The van der Waals surface area contributed by atoms with Gasteiger partial charge in [0.1, 0.15) is 5.52 Å². The maximum Gasteiger partial charge on any atom is 0.308 e. The van der Waals surface area contributed by atoms with Crippen LogP contribution in [0, 0.1) is 11.8 Å². The van der Waals surface area contributed by atoms with Gasteiger partial charge < -0.3 is 10.4 Å². The lowest BCUT2D eigenvalue weighted by Gasteiger charge is -2.17. The van der Waals surface area contributed by atoms with Crippen LogP contribution in [0.15, 0.2) is 18.5 Å². The SMILES string of the molecule is CC(C)c1cc2c(NCC(C(=O)O)C(C)C)nccn2n1. The molecule has 21 heavy (non-hydrogen) atoms. The van der Waals surface area contributed by atoms with Crippen molar-refractivity contribution in [3.8, 4) is 0 Å². The van der Waals surface area contributed by atoms with Crippen LogP contribution in [0.3, 0.4) is 0 Å². The monoisotopic (exact) mass is 290 g/mol. The zero-order valence-electron chi connectivity index (χ0n) is 12.9. The van der Waals surface area contributed by atoms with E-state index in [4.69, 9.17) is 0 Å². The number of anilines is 1. The predicted octanol–water partition coefficient (Wildman–Crippen LogP) is 2.62. The fourth-order valence-corrected chi connectivity index (χ4v) is 2.17. The third kappa shape index (κ3) is 3.32. The molecule has 114 valence electrons. The van der Waals surface area contributed by atoms with Gasteiger partial charge in [-0.25, -0.2) is 9.50 Å². The Balaban J connectivity index is 2.24. The smallest absolute Gasteiger partial charge is 0.308 e.